The first-order valence-electron chi connectivity index (χ1n) is 9.05. The number of rotatable bonds is 4. The van der Waals surface area contributed by atoms with E-state index in [1.54, 1.807) is 18.3 Å². The maximum atomic E-state index is 12.7. The zero-order valence-corrected chi connectivity index (χ0v) is 14.8. The summed E-state index contributed by atoms with van der Waals surface area (Å²) in [6, 6.07) is 11.9. The first-order valence-corrected chi connectivity index (χ1v) is 9.05. The first-order chi connectivity index (χ1) is 13.0. The molecule has 4 rings (SSSR count). The van der Waals surface area contributed by atoms with Gasteiger partial charge in [0.15, 0.2) is 0 Å². The molecule has 0 bridgehead atoms. The van der Waals surface area contributed by atoms with Crippen molar-refractivity contribution < 1.29 is 13.2 Å². The molecular formula is C20H21F3N4. The molecule has 1 atom stereocenters. The van der Waals surface area contributed by atoms with E-state index >= 15 is 0 Å². The number of nitrogens with zero attached hydrogens (tertiary/aromatic N) is 2. The lowest BCUT2D eigenvalue weighted by molar-refractivity contribution is -0.137. The fourth-order valence-corrected chi connectivity index (χ4v) is 3.64. The average Bonchev–Trinajstić information content (AvgIpc) is 3.09. The summed E-state index contributed by atoms with van der Waals surface area (Å²) in [5.41, 5.74) is 2.38. The Morgan fingerprint density at radius 2 is 1.96 bits per heavy atom. The molecule has 1 aliphatic heterocycles. The molecule has 1 saturated heterocycles. The van der Waals surface area contributed by atoms with E-state index < -0.39 is 11.7 Å². The van der Waals surface area contributed by atoms with Crippen LogP contribution in [0.15, 0.2) is 48.7 Å². The summed E-state index contributed by atoms with van der Waals surface area (Å²) in [5.74, 6) is 0. The molecule has 3 aromatic rings. The van der Waals surface area contributed by atoms with Crippen LogP contribution in [0.5, 0.6) is 0 Å². The van der Waals surface area contributed by atoms with Gasteiger partial charge in [-0.25, -0.2) is 0 Å². The number of hydrogen-bond donors (Lipinski definition) is 2. The predicted molar refractivity (Wildman–Crippen MR) is 99.5 cm³/mol. The number of aromatic amines is 1. The van der Waals surface area contributed by atoms with Crippen LogP contribution in [0.1, 0.15) is 24.0 Å². The SMILES string of the molecule is FC(F)(F)c1ccc(CN2CCC[C@@H](Nc3ccc4[nH]ncc4c3)C2)cc1. The quantitative estimate of drug-likeness (QED) is 0.698. The molecule has 0 spiro atoms. The lowest BCUT2D eigenvalue weighted by Crippen LogP contribution is -2.41. The Hall–Kier alpha value is -2.54. The smallest absolute Gasteiger partial charge is 0.381 e. The summed E-state index contributed by atoms with van der Waals surface area (Å²) >= 11 is 0. The number of likely N-dealkylation sites (tertiary alicyclic amines) is 1. The third-order valence-electron chi connectivity index (χ3n) is 5.00. The summed E-state index contributed by atoms with van der Waals surface area (Å²) in [7, 11) is 0. The number of halogens is 3. The van der Waals surface area contributed by atoms with Crippen molar-refractivity contribution in [2.45, 2.75) is 31.6 Å². The zero-order chi connectivity index (χ0) is 18.9. The molecule has 4 nitrogen and oxygen atoms in total. The third-order valence-corrected chi connectivity index (χ3v) is 5.00. The van der Waals surface area contributed by atoms with E-state index in [1.807, 2.05) is 12.1 Å². The Kier molecular flexibility index (Phi) is 4.78. The molecule has 27 heavy (non-hydrogen) atoms. The third kappa shape index (κ3) is 4.24. The van der Waals surface area contributed by atoms with Crippen LogP contribution in [0, 0.1) is 0 Å². The van der Waals surface area contributed by atoms with Crippen LogP contribution in [-0.4, -0.2) is 34.2 Å². The van der Waals surface area contributed by atoms with Crippen molar-refractivity contribution in [2.75, 3.05) is 18.4 Å². The standard InChI is InChI=1S/C20H21F3N4/c21-20(22,23)16-5-3-14(4-6-16)12-27-9-1-2-18(13-27)25-17-7-8-19-15(10-17)11-24-26-19/h3-8,10-11,18,25H,1-2,9,12-13H2,(H,24,26)/t18-/m1/s1. The number of hydrogen-bond acceptors (Lipinski definition) is 3. The molecular weight excluding hydrogens is 353 g/mol. The molecule has 0 saturated carbocycles. The highest BCUT2D eigenvalue weighted by Gasteiger charge is 2.30. The molecule has 0 aliphatic carbocycles. The van der Waals surface area contributed by atoms with Gasteiger partial charge in [-0.15, -0.1) is 0 Å². The van der Waals surface area contributed by atoms with Gasteiger partial charge in [0.25, 0.3) is 0 Å². The minimum atomic E-state index is -4.28. The van der Waals surface area contributed by atoms with Gasteiger partial charge in [0, 0.05) is 30.2 Å². The van der Waals surface area contributed by atoms with Gasteiger partial charge in [-0.3, -0.25) is 10.00 Å². The van der Waals surface area contributed by atoms with Crippen LogP contribution in [0.4, 0.5) is 18.9 Å². The van der Waals surface area contributed by atoms with E-state index in [-0.39, 0.29) is 0 Å². The molecule has 0 unspecified atom stereocenters. The average molecular weight is 374 g/mol. The van der Waals surface area contributed by atoms with Gasteiger partial charge in [0.1, 0.15) is 0 Å². The van der Waals surface area contributed by atoms with Crippen molar-refractivity contribution in [1.82, 2.24) is 15.1 Å². The maximum Gasteiger partial charge on any atom is 0.416 e. The molecule has 1 fully saturated rings. The second-order valence-electron chi connectivity index (χ2n) is 7.09. The zero-order valence-electron chi connectivity index (χ0n) is 14.8. The topological polar surface area (TPSA) is 44.0 Å². The van der Waals surface area contributed by atoms with Gasteiger partial charge in [0.2, 0.25) is 0 Å². The molecule has 7 heteroatoms. The van der Waals surface area contributed by atoms with Gasteiger partial charge in [-0.05, 0) is 55.3 Å². The lowest BCUT2D eigenvalue weighted by Gasteiger charge is -2.33. The van der Waals surface area contributed by atoms with Crippen LogP contribution in [-0.2, 0) is 12.7 Å². The molecule has 2 heterocycles. The van der Waals surface area contributed by atoms with Crippen LogP contribution in [0.2, 0.25) is 0 Å². The van der Waals surface area contributed by atoms with Crippen LogP contribution in [0.25, 0.3) is 10.9 Å². The summed E-state index contributed by atoms with van der Waals surface area (Å²) in [4.78, 5) is 2.29. The van der Waals surface area contributed by atoms with Crippen LogP contribution in [0.3, 0.4) is 0 Å². The minimum Gasteiger partial charge on any atom is -0.381 e. The monoisotopic (exact) mass is 374 g/mol. The number of benzene rings is 2. The Labute approximate surface area is 155 Å². The Bertz CT molecular complexity index is 901. The Morgan fingerprint density at radius 1 is 1.15 bits per heavy atom. The highest BCUT2D eigenvalue weighted by Crippen LogP contribution is 2.29. The van der Waals surface area contributed by atoms with Gasteiger partial charge in [-0.2, -0.15) is 18.3 Å². The van der Waals surface area contributed by atoms with Crippen LogP contribution < -0.4 is 5.32 Å². The van der Waals surface area contributed by atoms with E-state index in [1.165, 1.54) is 0 Å². The van der Waals surface area contributed by atoms with Crippen molar-refractivity contribution in [3.63, 3.8) is 0 Å². The molecule has 2 N–H and O–H groups in total. The maximum absolute atomic E-state index is 12.7. The number of alkyl halides is 3. The Morgan fingerprint density at radius 3 is 2.74 bits per heavy atom. The number of H-pyrrole nitrogens is 1. The largest absolute Gasteiger partial charge is 0.416 e. The minimum absolute atomic E-state index is 0.317. The fraction of sp³-hybridized carbons (Fsp3) is 0.350. The summed E-state index contributed by atoms with van der Waals surface area (Å²) in [5, 5.41) is 11.6. The van der Waals surface area contributed by atoms with Crippen LogP contribution >= 0.6 is 0 Å². The predicted octanol–water partition coefficient (Wildman–Crippen LogP) is 4.66. The molecule has 0 radical (unpaired) electrons. The van der Waals surface area contributed by atoms with Crippen molar-refractivity contribution >= 4 is 16.6 Å². The summed E-state index contributed by atoms with van der Waals surface area (Å²) < 4.78 is 38.1. The van der Waals surface area contributed by atoms with E-state index in [9.17, 15) is 13.2 Å². The van der Waals surface area contributed by atoms with Gasteiger partial charge < -0.3 is 5.32 Å². The fourth-order valence-electron chi connectivity index (χ4n) is 3.64. The first kappa shape index (κ1) is 17.9. The van der Waals surface area contributed by atoms with E-state index in [4.69, 9.17) is 0 Å². The lowest BCUT2D eigenvalue weighted by atomic mass is 10.0. The van der Waals surface area contributed by atoms with E-state index in [2.05, 4.69) is 26.5 Å². The van der Waals surface area contributed by atoms with Gasteiger partial charge in [0.05, 0.1) is 17.3 Å². The van der Waals surface area contributed by atoms with E-state index in [0.717, 1.165) is 60.2 Å². The second kappa shape index (κ2) is 7.23. The molecule has 0 amide bonds. The highest BCUT2D eigenvalue weighted by molar-refractivity contribution is 5.81. The molecule has 1 aliphatic rings. The highest BCUT2D eigenvalue weighted by atomic mass is 19.4. The Balaban J connectivity index is 1.37. The van der Waals surface area contributed by atoms with Crippen molar-refractivity contribution in [2.24, 2.45) is 0 Å². The van der Waals surface area contributed by atoms with Gasteiger partial charge >= 0.3 is 6.18 Å². The normalized spacial score (nSPS) is 18.7. The van der Waals surface area contributed by atoms with E-state index in [0.29, 0.717) is 12.6 Å². The number of piperidine rings is 1. The molecule has 2 aromatic carbocycles. The number of aromatic nitrogens is 2. The summed E-state index contributed by atoms with van der Waals surface area (Å²) in [6.45, 7) is 2.49. The summed E-state index contributed by atoms with van der Waals surface area (Å²) in [6.07, 6.45) is -0.341. The molecule has 142 valence electrons. The number of nitrogens with one attached hydrogen (secondary N) is 2. The number of fused-ring (bicyclic) bond motifs is 1. The number of anilines is 1. The molecule has 1 aromatic heterocycles. The van der Waals surface area contributed by atoms with Crippen molar-refractivity contribution in [1.29, 1.82) is 0 Å². The van der Waals surface area contributed by atoms with Gasteiger partial charge in [-0.1, -0.05) is 12.1 Å². The second-order valence-corrected chi connectivity index (χ2v) is 7.09. The van der Waals surface area contributed by atoms with Crippen molar-refractivity contribution in [3.8, 4) is 0 Å². The van der Waals surface area contributed by atoms with Crippen molar-refractivity contribution in [3.05, 3.63) is 59.8 Å².